The number of esters is 1. The summed E-state index contributed by atoms with van der Waals surface area (Å²) in [4.78, 5) is 22.1. The van der Waals surface area contributed by atoms with Crippen molar-refractivity contribution < 1.29 is 19.2 Å². The maximum absolute atomic E-state index is 12.2. The molecule has 0 aromatic heterocycles. The van der Waals surface area contributed by atoms with Crippen LogP contribution in [0.1, 0.15) is 35.4 Å². The highest BCUT2D eigenvalue weighted by Crippen LogP contribution is 2.53. The molecule has 8 heteroatoms. The van der Waals surface area contributed by atoms with Gasteiger partial charge in [-0.2, -0.15) is 5.90 Å². The van der Waals surface area contributed by atoms with Gasteiger partial charge in [-0.05, 0) is 48.4 Å². The van der Waals surface area contributed by atoms with Gasteiger partial charge in [-0.1, -0.05) is 58.7 Å². The van der Waals surface area contributed by atoms with E-state index in [0.717, 1.165) is 12.0 Å². The van der Waals surface area contributed by atoms with Gasteiger partial charge in [-0.3, -0.25) is 0 Å². The first-order valence-electron chi connectivity index (χ1n) is 9.31. The summed E-state index contributed by atoms with van der Waals surface area (Å²) < 4.78 is 4.82. The molecule has 0 radical (unpaired) electrons. The lowest BCUT2D eigenvalue weighted by Gasteiger charge is -2.12. The minimum Gasteiger partial charge on any atom is -0.464 e. The highest BCUT2D eigenvalue weighted by molar-refractivity contribution is 6.43. The Balaban J connectivity index is 1.85. The lowest BCUT2D eigenvalue weighted by atomic mass is 10.00. The predicted molar refractivity (Wildman–Crippen MR) is 117 cm³/mol. The third kappa shape index (κ3) is 4.78. The lowest BCUT2D eigenvalue weighted by Crippen LogP contribution is -2.19. The molecule has 2 N–H and O–H groups in total. The van der Waals surface area contributed by atoms with E-state index in [9.17, 15) is 4.79 Å². The highest BCUT2D eigenvalue weighted by Gasteiger charge is 2.40. The summed E-state index contributed by atoms with van der Waals surface area (Å²) >= 11 is 12.7. The fourth-order valence-corrected chi connectivity index (χ4v) is 4.17. The molecule has 2 aromatic carbocycles. The number of nitrogens with zero attached hydrogens (tertiary/aromatic N) is 1. The monoisotopic (exact) mass is 448 g/mol. The summed E-state index contributed by atoms with van der Waals surface area (Å²) in [5.41, 5.74) is 2.10. The molecule has 1 saturated carbocycles. The van der Waals surface area contributed by atoms with Crippen molar-refractivity contribution in [3.05, 3.63) is 75.3 Å². The fraction of sp³-hybridized carbons (Fsp3) is 0.273. The van der Waals surface area contributed by atoms with E-state index in [4.69, 9.17) is 43.5 Å². The molecule has 3 rings (SSSR count). The summed E-state index contributed by atoms with van der Waals surface area (Å²) in [6.07, 6.45) is 3.58. The first-order chi connectivity index (χ1) is 14.5. The Hall–Kier alpha value is -2.54. The number of hydrogen-bond donors (Lipinski definition) is 1. The van der Waals surface area contributed by atoms with Crippen LogP contribution >= 0.6 is 23.2 Å². The molecule has 0 saturated heterocycles. The van der Waals surface area contributed by atoms with Gasteiger partial charge in [0.2, 0.25) is 0 Å². The van der Waals surface area contributed by atoms with Crippen LogP contribution in [0.25, 0.3) is 5.76 Å². The Labute approximate surface area is 185 Å². The van der Waals surface area contributed by atoms with Gasteiger partial charge in [0.25, 0.3) is 0 Å². The fourth-order valence-electron chi connectivity index (χ4n) is 3.50. The van der Waals surface area contributed by atoms with Crippen molar-refractivity contribution in [2.24, 2.45) is 17.0 Å². The molecule has 0 spiro atoms. The van der Waals surface area contributed by atoms with Crippen LogP contribution in [0, 0.1) is 5.92 Å². The minimum atomic E-state index is -0.628. The zero-order valence-corrected chi connectivity index (χ0v) is 18.1. The van der Waals surface area contributed by atoms with Crippen LogP contribution in [0.2, 0.25) is 10.0 Å². The van der Waals surface area contributed by atoms with Gasteiger partial charge in [-0.15, -0.1) is 0 Å². The molecule has 1 aliphatic carbocycles. The number of ether oxygens (including phenoxy) is 1. The molecular formula is C22H22Cl2N2O4. The summed E-state index contributed by atoms with van der Waals surface area (Å²) in [6.45, 7) is 0. The van der Waals surface area contributed by atoms with E-state index in [2.05, 4.69) is 5.16 Å². The SMILES string of the molecule is CON=C(C(=O)OC)c1ccccc1C(=CCC1CC1c1c(Cl)cccc1Cl)ON. The van der Waals surface area contributed by atoms with Gasteiger partial charge in [0.05, 0.1) is 7.11 Å². The van der Waals surface area contributed by atoms with Gasteiger partial charge >= 0.3 is 5.97 Å². The van der Waals surface area contributed by atoms with E-state index in [0.29, 0.717) is 39.3 Å². The van der Waals surface area contributed by atoms with Crippen LogP contribution < -0.4 is 5.90 Å². The van der Waals surface area contributed by atoms with Crippen molar-refractivity contribution in [1.82, 2.24) is 0 Å². The molecule has 0 heterocycles. The first kappa shape index (κ1) is 22.2. The summed E-state index contributed by atoms with van der Waals surface area (Å²) in [5.74, 6) is 6.01. The van der Waals surface area contributed by atoms with E-state index >= 15 is 0 Å². The molecule has 0 bridgehead atoms. The van der Waals surface area contributed by atoms with Gasteiger partial charge in [0.15, 0.2) is 11.5 Å². The predicted octanol–water partition coefficient (Wildman–Crippen LogP) is 4.94. The van der Waals surface area contributed by atoms with Crippen molar-refractivity contribution in [3.63, 3.8) is 0 Å². The Morgan fingerprint density at radius 1 is 1.13 bits per heavy atom. The smallest absolute Gasteiger partial charge is 0.360 e. The molecule has 1 fully saturated rings. The van der Waals surface area contributed by atoms with Crippen molar-refractivity contribution in [2.75, 3.05) is 14.2 Å². The van der Waals surface area contributed by atoms with Crippen LogP contribution in [-0.4, -0.2) is 25.9 Å². The number of allylic oxidation sites excluding steroid dienone is 1. The zero-order valence-electron chi connectivity index (χ0n) is 16.6. The average molecular weight is 449 g/mol. The lowest BCUT2D eigenvalue weighted by molar-refractivity contribution is -0.132. The Bertz CT molecular complexity index is 971. The summed E-state index contributed by atoms with van der Waals surface area (Å²) in [7, 11) is 2.63. The maximum atomic E-state index is 12.2. The zero-order chi connectivity index (χ0) is 21.7. The second kappa shape index (κ2) is 9.98. The number of carbonyl (C=O) groups is 1. The third-order valence-corrected chi connectivity index (χ3v) is 5.69. The second-order valence-electron chi connectivity index (χ2n) is 6.82. The van der Waals surface area contributed by atoms with Crippen LogP contribution in [-0.2, 0) is 19.2 Å². The molecule has 2 atom stereocenters. The van der Waals surface area contributed by atoms with Crippen molar-refractivity contribution in [2.45, 2.75) is 18.8 Å². The van der Waals surface area contributed by atoms with Gasteiger partial charge < -0.3 is 14.4 Å². The van der Waals surface area contributed by atoms with Crippen molar-refractivity contribution in [3.8, 4) is 0 Å². The normalized spacial score (nSPS) is 18.7. The number of halogens is 2. The Morgan fingerprint density at radius 2 is 1.80 bits per heavy atom. The number of benzene rings is 2. The van der Waals surface area contributed by atoms with E-state index < -0.39 is 5.97 Å². The van der Waals surface area contributed by atoms with Crippen LogP contribution in [0.4, 0.5) is 0 Å². The maximum Gasteiger partial charge on any atom is 0.360 e. The molecule has 0 aliphatic heterocycles. The van der Waals surface area contributed by atoms with Crippen LogP contribution in [0.15, 0.2) is 53.7 Å². The topological polar surface area (TPSA) is 83.1 Å². The average Bonchev–Trinajstić information content (AvgIpc) is 3.51. The molecule has 30 heavy (non-hydrogen) atoms. The van der Waals surface area contributed by atoms with Crippen LogP contribution in [0.5, 0.6) is 0 Å². The van der Waals surface area contributed by atoms with E-state index in [-0.39, 0.29) is 11.6 Å². The van der Waals surface area contributed by atoms with E-state index in [1.807, 2.05) is 30.3 Å². The molecular weight excluding hydrogens is 427 g/mol. The van der Waals surface area contributed by atoms with Crippen molar-refractivity contribution in [1.29, 1.82) is 0 Å². The van der Waals surface area contributed by atoms with Crippen molar-refractivity contribution >= 4 is 40.6 Å². The van der Waals surface area contributed by atoms with E-state index in [1.54, 1.807) is 18.2 Å². The van der Waals surface area contributed by atoms with Gasteiger partial charge in [0, 0.05) is 21.2 Å². The Kier molecular flexibility index (Phi) is 7.37. The van der Waals surface area contributed by atoms with Gasteiger partial charge in [-0.25, -0.2) is 4.79 Å². The quantitative estimate of drug-likeness (QED) is 0.267. The number of carbonyl (C=O) groups excluding carboxylic acids is 1. The number of oxime groups is 1. The third-order valence-electron chi connectivity index (χ3n) is 5.04. The summed E-state index contributed by atoms with van der Waals surface area (Å²) in [6, 6.07) is 12.6. The molecule has 1 aliphatic rings. The standard InChI is InChI=1S/C22H22Cl2N2O4/c1-28-22(27)21(26-29-2)15-7-4-3-6-14(15)19(30-25)11-10-13-12-16(13)20-17(23)8-5-9-18(20)24/h3-9,11,13,16H,10,12,25H2,1-2H3. The largest absolute Gasteiger partial charge is 0.464 e. The molecule has 2 aromatic rings. The number of nitrogens with two attached hydrogens (primary N) is 1. The molecule has 6 nitrogen and oxygen atoms in total. The van der Waals surface area contributed by atoms with Crippen LogP contribution in [0.3, 0.4) is 0 Å². The first-order valence-corrected chi connectivity index (χ1v) is 10.1. The van der Waals surface area contributed by atoms with E-state index in [1.165, 1.54) is 14.2 Å². The summed E-state index contributed by atoms with van der Waals surface area (Å²) in [5, 5.41) is 5.17. The molecule has 158 valence electrons. The minimum absolute atomic E-state index is 0.0192. The number of rotatable bonds is 8. The molecule has 2 unspecified atom stereocenters. The van der Waals surface area contributed by atoms with Gasteiger partial charge in [0.1, 0.15) is 7.11 Å². The molecule has 0 amide bonds. The second-order valence-corrected chi connectivity index (χ2v) is 7.63. The number of hydrogen-bond acceptors (Lipinski definition) is 6. The highest BCUT2D eigenvalue weighted by atomic mass is 35.5. The number of methoxy groups -OCH3 is 1. The Morgan fingerprint density at radius 3 is 2.40 bits per heavy atom.